The summed E-state index contributed by atoms with van der Waals surface area (Å²) in [5.74, 6) is 7.25. The van der Waals surface area contributed by atoms with Crippen LogP contribution in [0.15, 0.2) is 245 Å². The van der Waals surface area contributed by atoms with Crippen molar-refractivity contribution in [1.82, 2.24) is 83.6 Å². The van der Waals surface area contributed by atoms with E-state index in [0.29, 0.717) is 18.2 Å². The fourth-order valence-corrected chi connectivity index (χ4v) is 18.2. The maximum atomic E-state index is 12.6. The predicted molar refractivity (Wildman–Crippen MR) is 486 cm³/mol. The number of nitrogens with zero attached hydrogens (tertiary/aromatic N) is 33. The van der Waals surface area contributed by atoms with Gasteiger partial charge in [0.2, 0.25) is 24.1 Å². The van der Waals surface area contributed by atoms with E-state index >= 15 is 0 Å². The number of hydrogen-bond donors (Lipinski definition) is 5. The number of anilines is 3. The Kier molecular flexibility index (Phi) is 36.1. The zero-order valence-electron chi connectivity index (χ0n) is 75.0. The van der Waals surface area contributed by atoms with Gasteiger partial charge in [-0.3, -0.25) is 53.5 Å². The summed E-state index contributed by atoms with van der Waals surface area (Å²) in [6, 6.07) is 20.1. The number of piperidine rings is 3. The molecule has 6 atom stereocenters. The van der Waals surface area contributed by atoms with E-state index in [1.54, 1.807) is 73.0 Å². The summed E-state index contributed by atoms with van der Waals surface area (Å²) in [5, 5.41) is 50.1. The Labute approximate surface area is 812 Å². The number of nitrogens with two attached hydrogens (primary N) is 2. The molecular weight excluding hydrogens is 1840 g/mol. The molecule has 135 heavy (non-hydrogen) atoms. The number of alkyl halides is 3. The third-order valence-corrected chi connectivity index (χ3v) is 24.8. The predicted octanol–water partition coefficient (Wildman–Crippen LogP) is 12.5. The van der Waals surface area contributed by atoms with E-state index in [2.05, 4.69) is 181 Å². The van der Waals surface area contributed by atoms with Crippen molar-refractivity contribution in [2.45, 2.75) is 174 Å². The Balaban J connectivity index is 0.000000167. The third-order valence-electron chi connectivity index (χ3n) is 22.3. The number of thiol groups is 1. The van der Waals surface area contributed by atoms with E-state index in [4.69, 9.17) is 61.3 Å². The number of hydrogen-bond acceptors (Lipinski definition) is 29. The zero-order chi connectivity index (χ0) is 94.3. The molecule has 12 aromatic rings. The van der Waals surface area contributed by atoms with Crippen LogP contribution in [0.2, 0.25) is 5.02 Å². The van der Waals surface area contributed by atoms with E-state index in [1.165, 1.54) is 0 Å². The first-order valence-electron chi connectivity index (χ1n) is 41.7. The first-order chi connectivity index (χ1) is 64.0. The summed E-state index contributed by atoms with van der Waals surface area (Å²) in [4.78, 5) is 98.5. The number of nitrogens with one attached hydrogen (secondary N) is 3. The summed E-state index contributed by atoms with van der Waals surface area (Å²) < 4.78 is 66.3. The van der Waals surface area contributed by atoms with Crippen LogP contribution < -0.4 is 66.5 Å². The standard InChI is InChI=1S/C28H33N7O3S.C23H25N7OS.C20H28N5O3.C8H5ClN2.C2HF3O.H3N17.Na.H2S/c1-18-23(33-26(36)38-27(2,3)4)28(17-37-18)8-13-34(14-9-28)25-32-16-21(24-31-12-15-35(24)25)39-20-7-11-29-19-6-5-10-30-22(19)20;1-15-20(24)23(14-31-15)5-10-29(11-6-23)22-28-13-18(21-27-9-12-30(21)22)32-17-4-8-25-16-3-2-7-26-19(16)17;1-14-16(23-18(26)28-19(2,3)4)20(13-27-14)6-10-24(11-7-20)17-22-8-5-15-21-9-12-25(15)17;9-6-3-5-10-7-2-1-4-11-8(6)7;3-2(4,5)1-6;1-3-5-7-9-11-13-15-17-16-14-12-10-8-6-4-2;;/h5-7,10-12,15-16,18,23H,8-9,13-14,17H2,1-4H3,(H,33,36);2-4,7-9,12-13,15,20H,5-6,10-11,14,24H2,1H3;8-9,12,14,16H,6-7,10-11,13H2,1-4H3,(H,23,26);1-5H;1H;(H3,1,2,5,6,9,10,13,14,17);;1H2/q;;-1;;;;+1;/p-1/t18-,23+;15-,20+;14-,16+;;;;;/m000...../s1. The summed E-state index contributed by atoms with van der Waals surface area (Å²) in [7, 11) is 0. The largest absolute Gasteiger partial charge is 1.00 e. The summed E-state index contributed by atoms with van der Waals surface area (Å²) >= 11 is 9.07. The number of halogens is 4. The maximum absolute atomic E-state index is 12.6. The Morgan fingerprint density at radius 2 is 0.874 bits per heavy atom. The van der Waals surface area contributed by atoms with Crippen LogP contribution in [0.3, 0.4) is 0 Å². The quantitative estimate of drug-likeness (QED) is 0.00876. The van der Waals surface area contributed by atoms with E-state index in [1.807, 2.05) is 158 Å². The van der Waals surface area contributed by atoms with Gasteiger partial charge in [-0.15, -0.1) is 6.20 Å². The van der Waals surface area contributed by atoms with Gasteiger partial charge >= 0.3 is 47.9 Å². The van der Waals surface area contributed by atoms with Crippen LogP contribution >= 0.6 is 35.1 Å². The van der Waals surface area contributed by atoms with Crippen LogP contribution in [0.25, 0.3) is 50.0 Å². The molecule has 3 spiro atoms. The van der Waals surface area contributed by atoms with Crippen LogP contribution in [-0.4, -0.2) is 204 Å². The number of fused-ring (bicyclic) bond motifs is 6. The molecule has 7 N–H and O–H groups in total. The first kappa shape index (κ1) is 103. The summed E-state index contributed by atoms with van der Waals surface area (Å²) in [5.41, 5.74) is 19.1. The molecule has 54 heteroatoms. The van der Waals surface area contributed by atoms with E-state index in [9.17, 15) is 22.8 Å². The number of amides is 2. The number of alkyl carbamates (subject to hydrolysis) is 2. The van der Waals surface area contributed by atoms with Gasteiger partial charge in [-0.2, -0.15) is 18.7 Å². The Morgan fingerprint density at radius 3 is 1.27 bits per heavy atom. The molecule has 0 saturated carbocycles. The van der Waals surface area contributed by atoms with Gasteiger partial charge in [0.1, 0.15) is 27.8 Å². The van der Waals surface area contributed by atoms with Crippen molar-refractivity contribution < 1.29 is 80.8 Å². The Hall–Kier alpha value is -12.3. The minimum atomic E-state index is -4.64. The number of aldehydes is 1. The molecular formula is C81H96ClF3N38NaO8S3-. The number of carbonyl (C=O) groups excluding carboxylic acids is 3. The smallest absolute Gasteiger partial charge is 0.813 e. The number of pyridine rings is 6. The van der Waals surface area contributed by atoms with Gasteiger partial charge in [-0.05, 0) is 234 Å². The first-order valence-corrected chi connectivity index (χ1v) is 43.7. The average molecular weight is 1940 g/mol. The van der Waals surface area contributed by atoms with Crippen molar-refractivity contribution in [3.8, 4) is 0 Å². The van der Waals surface area contributed by atoms with Crippen LogP contribution in [0.1, 0.15) is 101 Å². The van der Waals surface area contributed by atoms with Crippen LogP contribution in [-0.2, 0) is 42.0 Å². The molecule has 0 unspecified atom stereocenters. The molecule has 2 amide bonds. The second-order valence-corrected chi connectivity index (χ2v) is 35.6. The van der Waals surface area contributed by atoms with Crippen LogP contribution in [0.5, 0.6) is 0 Å². The molecule has 0 radical (unpaired) electrons. The minimum absolute atomic E-state index is 0. The van der Waals surface area contributed by atoms with Gasteiger partial charge in [0.25, 0.3) is 0 Å². The number of imidazole rings is 3. The molecule has 0 aliphatic carbocycles. The number of rotatable bonds is 16. The van der Waals surface area contributed by atoms with Gasteiger partial charge in [0, 0.05) is 158 Å². The van der Waals surface area contributed by atoms with Gasteiger partial charge in [0.05, 0.1) is 81.6 Å². The topological polar surface area (TPSA) is 560 Å². The molecule has 0 bridgehead atoms. The van der Waals surface area contributed by atoms with Crippen molar-refractivity contribution in [3.05, 3.63) is 159 Å². The van der Waals surface area contributed by atoms with Gasteiger partial charge in [0.15, 0.2) is 11.3 Å². The normalized spacial score (nSPS) is 19.7. The Bertz CT molecular complexity index is 6210. The second-order valence-electron chi connectivity index (χ2n) is 33.0. The van der Waals surface area contributed by atoms with Crippen LogP contribution in [0.4, 0.5) is 40.6 Å². The van der Waals surface area contributed by atoms with Crippen molar-refractivity contribution in [2.75, 3.05) is 73.8 Å². The van der Waals surface area contributed by atoms with Crippen molar-refractivity contribution in [3.63, 3.8) is 0 Å². The van der Waals surface area contributed by atoms with E-state index < -0.39 is 29.8 Å². The van der Waals surface area contributed by atoms with Crippen molar-refractivity contribution >= 4 is 135 Å². The summed E-state index contributed by atoms with van der Waals surface area (Å²) in [6.07, 6.45) is 26.5. The van der Waals surface area contributed by atoms with E-state index in [-0.39, 0.29) is 102 Å². The molecule has 6 aliphatic heterocycles. The zero-order valence-corrected chi connectivity index (χ0v) is 80.2. The molecule has 46 nitrogen and oxygen atoms in total. The monoisotopic (exact) mass is 1940 g/mol. The summed E-state index contributed by atoms with van der Waals surface area (Å²) in [6.45, 7) is 24.5. The molecule has 0 aromatic carbocycles. The number of carbonyl (C=O) groups is 3. The average Bonchev–Trinajstić information content (AvgIpc) is 1.64. The molecule has 18 heterocycles. The fraction of sp³-hybridized carbons (Fsp3) is 0.444. The SMILES string of the molecule is C[C@@H]1OCC2(CCN(c3nc[c-]c4nccn34)CC2)[C@@H]1NC(=O)OC(C)(C)C.C[C@@H]1OCC2(CCN(c3ncc(Sc4ccnc5cccnc45)c4nccn34)CC2)[C@@H]1N.C[C@@H]1OCC2(CCN(c3ncc(Sc4ccnc5cccnc45)c4nccn34)CC2)[C@@H]1NC(=O)OC(C)(C)C.Clc1ccnc2cccnc12.N=N/N=N/N=N/N=N/N=N/N=N/N=N/N=N/N.O=CC(F)(F)F.[Na+].[SH-]. The Morgan fingerprint density at radius 1 is 0.504 bits per heavy atom. The van der Waals surface area contributed by atoms with Crippen LogP contribution in [0, 0.1) is 27.8 Å². The molecule has 18 rings (SSSR count). The molecule has 6 aliphatic rings. The van der Waals surface area contributed by atoms with E-state index in [0.717, 1.165) is 172 Å². The second kappa shape index (κ2) is 47.3. The third kappa shape index (κ3) is 26.7. The van der Waals surface area contributed by atoms with Gasteiger partial charge < -0.3 is 84.6 Å². The minimum Gasteiger partial charge on any atom is -0.813 e. The maximum Gasteiger partial charge on any atom is 1.00 e. The van der Waals surface area contributed by atoms with Crippen molar-refractivity contribution in [1.29, 1.82) is 5.53 Å². The van der Waals surface area contributed by atoms with Gasteiger partial charge in [-0.25, -0.2) is 29.5 Å². The fourth-order valence-electron chi connectivity index (χ4n) is 16.1. The number of aromatic nitrogens is 15. The molecule has 6 fully saturated rings. The molecule has 706 valence electrons. The van der Waals surface area contributed by atoms with Crippen molar-refractivity contribution in [2.24, 2.45) is 106 Å². The number of ether oxygens (including phenoxy) is 5. The molecule has 6 saturated heterocycles. The molecule has 12 aromatic heterocycles. The van der Waals surface area contributed by atoms with Gasteiger partial charge in [-0.1, -0.05) is 40.3 Å².